The van der Waals surface area contributed by atoms with Gasteiger partial charge < -0.3 is 9.73 Å². The van der Waals surface area contributed by atoms with Crippen molar-refractivity contribution in [3.8, 4) is 10.4 Å². The molecule has 0 fully saturated rings. The van der Waals surface area contributed by atoms with Crippen LogP contribution in [-0.2, 0) is 6.54 Å². The Morgan fingerprint density at radius 3 is 2.91 bits per heavy atom. The van der Waals surface area contributed by atoms with E-state index in [0.29, 0.717) is 18.8 Å². The SMILES string of the molecule is Cc1nn(CCNC(=O)c2ccco2)c(C)c1-c1cccs1. The molecule has 3 heterocycles. The van der Waals surface area contributed by atoms with Crippen molar-refractivity contribution in [1.29, 1.82) is 0 Å². The Morgan fingerprint density at radius 2 is 2.23 bits per heavy atom. The van der Waals surface area contributed by atoms with Crippen LogP contribution in [0.4, 0.5) is 0 Å². The topological polar surface area (TPSA) is 60.1 Å². The van der Waals surface area contributed by atoms with E-state index in [4.69, 9.17) is 4.42 Å². The number of furan rings is 1. The van der Waals surface area contributed by atoms with Crippen molar-refractivity contribution in [2.24, 2.45) is 0 Å². The Bertz CT molecular complexity index is 758. The Labute approximate surface area is 132 Å². The van der Waals surface area contributed by atoms with Crippen LogP contribution in [0.2, 0.25) is 0 Å². The molecule has 1 amide bonds. The normalized spacial score (nSPS) is 10.8. The lowest BCUT2D eigenvalue weighted by atomic mass is 10.1. The maximum absolute atomic E-state index is 11.8. The standard InChI is InChI=1S/C16H17N3O2S/c1-11-15(14-6-4-10-22-14)12(2)19(18-11)8-7-17-16(20)13-5-3-9-21-13/h3-6,9-10H,7-8H2,1-2H3,(H,17,20). The molecule has 3 aromatic rings. The first-order valence-electron chi connectivity index (χ1n) is 7.06. The van der Waals surface area contributed by atoms with Gasteiger partial charge in [0.2, 0.25) is 0 Å². The molecule has 0 aliphatic carbocycles. The zero-order valence-electron chi connectivity index (χ0n) is 12.5. The number of hydrogen-bond acceptors (Lipinski definition) is 4. The van der Waals surface area contributed by atoms with E-state index < -0.39 is 0 Å². The number of carbonyl (C=O) groups excluding carboxylic acids is 1. The van der Waals surface area contributed by atoms with Crippen LogP contribution < -0.4 is 5.32 Å². The van der Waals surface area contributed by atoms with Crippen molar-refractivity contribution in [3.05, 3.63) is 53.1 Å². The highest BCUT2D eigenvalue weighted by Gasteiger charge is 2.14. The summed E-state index contributed by atoms with van der Waals surface area (Å²) in [7, 11) is 0. The van der Waals surface area contributed by atoms with Crippen molar-refractivity contribution >= 4 is 17.2 Å². The van der Waals surface area contributed by atoms with Crippen molar-refractivity contribution in [3.63, 3.8) is 0 Å². The summed E-state index contributed by atoms with van der Waals surface area (Å²) in [6.07, 6.45) is 1.49. The van der Waals surface area contributed by atoms with Crippen LogP contribution in [0, 0.1) is 13.8 Å². The van der Waals surface area contributed by atoms with E-state index in [1.54, 1.807) is 23.5 Å². The van der Waals surface area contributed by atoms with Gasteiger partial charge in [-0.15, -0.1) is 11.3 Å². The van der Waals surface area contributed by atoms with Gasteiger partial charge in [0.05, 0.1) is 18.5 Å². The predicted octanol–water partition coefficient (Wildman–Crippen LogP) is 3.25. The van der Waals surface area contributed by atoms with Crippen LogP contribution >= 0.6 is 11.3 Å². The average molecular weight is 315 g/mol. The number of thiophene rings is 1. The summed E-state index contributed by atoms with van der Waals surface area (Å²) < 4.78 is 7.00. The molecule has 0 radical (unpaired) electrons. The lowest BCUT2D eigenvalue weighted by Crippen LogP contribution is -2.27. The predicted molar refractivity (Wildman–Crippen MR) is 86.1 cm³/mol. The van der Waals surface area contributed by atoms with E-state index in [9.17, 15) is 4.79 Å². The summed E-state index contributed by atoms with van der Waals surface area (Å²) in [6, 6.07) is 7.49. The summed E-state index contributed by atoms with van der Waals surface area (Å²) in [5.41, 5.74) is 3.32. The van der Waals surface area contributed by atoms with Gasteiger partial charge in [-0.05, 0) is 37.4 Å². The molecular formula is C16H17N3O2S. The van der Waals surface area contributed by atoms with Gasteiger partial charge in [0.15, 0.2) is 5.76 Å². The molecule has 5 nitrogen and oxygen atoms in total. The molecule has 0 bridgehead atoms. The zero-order valence-corrected chi connectivity index (χ0v) is 13.3. The Kier molecular flexibility index (Phi) is 4.11. The van der Waals surface area contributed by atoms with Crippen molar-refractivity contribution in [1.82, 2.24) is 15.1 Å². The lowest BCUT2D eigenvalue weighted by molar-refractivity contribution is 0.0924. The van der Waals surface area contributed by atoms with Crippen LogP contribution in [0.5, 0.6) is 0 Å². The molecule has 0 aliphatic heterocycles. The number of amides is 1. The first kappa shape index (κ1) is 14.6. The molecule has 0 saturated heterocycles. The Balaban J connectivity index is 1.66. The molecule has 3 aromatic heterocycles. The third-order valence-electron chi connectivity index (χ3n) is 3.50. The number of nitrogens with zero attached hydrogens (tertiary/aromatic N) is 2. The van der Waals surface area contributed by atoms with Gasteiger partial charge in [0.1, 0.15) is 0 Å². The number of nitrogens with one attached hydrogen (secondary N) is 1. The molecule has 0 unspecified atom stereocenters. The highest BCUT2D eigenvalue weighted by atomic mass is 32.1. The summed E-state index contributed by atoms with van der Waals surface area (Å²) >= 11 is 1.71. The first-order valence-corrected chi connectivity index (χ1v) is 7.94. The van der Waals surface area contributed by atoms with Crippen LogP contribution in [0.15, 0.2) is 40.3 Å². The molecule has 0 aromatic carbocycles. The maximum Gasteiger partial charge on any atom is 0.287 e. The summed E-state index contributed by atoms with van der Waals surface area (Å²) in [4.78, 5) is 13.0. The van der Waals surface area contributed by atoms with Gasteiger partial charge in [-0.2, -0.15) is 5.10 Å². The van der Waals surface area contributed by atoms with Gasteiger partial charge >= 0.3 is 0 Å². The van der Waals surface area contributed by atoms with E-state index in [-0.39, 0.29) is 5.91 Å². The zero-order chi connectivity index (χ0) is 15.5. The van der Waals surface area contributed by atoms with Gasteiger partial charge in [0, 0.05) is 22.7 Å². The van der Waals surface area contributed by atoms with Crippen molar-refractivity contribution < 1.29 is 9.21 Å². The second-order valence-corrected chi connectivity index (χ2v) is 5.93. The molecule has 6 heteroatoms. The second-order valence-electron chi connectivity index (χ2n) is 4.98. The number of hydrogen-bond donors (Lipinski definition) is 1. The van der Waals surface area contributed by atoms with Crippen molar-refractivity contribution in [2.45, 2.75) is 20.4 Å². The molecule has 0 atom stereocenters. The minimum atomic E-state index is -0.204. The number of rotatable bonds is 5. The summed E-state index contributed by atoms with van der Waals surface area (Å²) in [5, 5.41) is 9.47. The third kappa shape index (κ3) is 2.82. The maximum atomic E-state index is 11.8. The van der Waals surface area contributed by atoms with Gasteiger partial charge in [-0.25, -0.2) is 0 Å². The smallest absolute Gasteiger partial charge is 0.287 e. The third-order valence-corrected chi connectivity index (χ3v) is 4.39. The highest BCUT2D eigenvalue weighted by Crippen LogP contribution is 2.30. The van der Waals surface area contributed by atoms with Gasteiger partial charge in [-0.3, -0.25) is 9.48 Å². The Hall–Kier alpha value is -2.34. The minimum Gasteiger partial charge on any atom is -0.459 e. The molecule has 0 spiro atoms. The quantitative estimate of drug-likeness (QED) is 0.786. The number of aryl methyl sites for hydroxylation is 1. The molecule has 114 valence electrons. The summed E-state index contributed by atoms with van der Waals surface area (Å²) in [6.45, 7) is 5.21. The largest absolute Gasteiger partial charge is 0.459 e. The Morgan fingerprint density at radius 1 is 1.36 bits per heavy atom. The van der Waals surface area contributed by atoms with Crippen LogP contribution in [0.1, 0.15) is 21.9 Å². The van der Waals surface area contributed by atoms with Gasteiger partial charge in [-0.1, -0.05) is 6.07 Å². The molecule has 0 saturated carbocycles. The molecule has 0 aliphatic rings. The number of aromatic nitrogens is 2. The molecule has 22 heavy (non-hydrogen) atoms. The van der Waals surface area contributed by atoms with Crippen LogP contribution in [-0.4, -0.2) is 22.2 Å². The average Bonchev–Trinajstić information content (AvgIpc) is 3.22. The number of carbonyl (C=O) groups is 1. The molecule has 1 N–H and O–H groups in total. The first-order chi connectivity index (χ1) is 10.7. The van der Waals surface area contributed by atoms with Crippen LogP contribution in [0.3, 0.4) is 0 Å². The van der Waals surface area contributed by atoms with E-state index in [2.05, 4.69) is 28.8 Å². The molecular weight excluding hydrogens is 298 g/mol. The fraction of sp³-hybridized carbons (Fsp3) is 0.250. The fourth-order valence-corrected chi connectivity index (χ4v) is 3.34. The van der Waals surface area contributed by atoms with E-state index >= 15 is 0 Å². The second kappa shape index (κ2) is 6.19. The monoisotopic (exact) mass is 315 g/mol. The van der Waals surface area contributed by atoms with E-state index in [1.807, 2.05) is 17.7 Å². The van der Waals surface area contributed by atoms with E-state index in [0.717, 1.165) is 11.4 Å². The van der Waals surface area contributed by atoms with E-state index in [1.165, 1.54) is 16.7 Å². The summed E-state index contributed by atoms with van der Waals surface area (Å²) in [5.74, 6) is 0.123. The fourth-order valence-electron chi connectivity index (χ4n) is 2.46. The molecule has 3 rings (SSSR count). The highest BCUT2D eigenvalue weighted by molar-refractivity contribution is 7.13. The van der Waals surface area contributed by atoms with Crippen LogP contribution in [0.25, 0.3) is 10.4 Å². The lowest BCUT2D eigenvalue weighted by Gasteiger charge is -2.06. The van der Waals surface area contributed by atoms with Gasteiger partial charge in [0.25, 0.3) is 5.91 Å². The minimum absolute atomic E-state index is 0.204. The van der Waals surface area contributed by atoms with Crippen molar-refractivity contribution in [2.75, 3.05) is 6.54 Å².